The van der Waals surface area contributed by atoms with Crippen LogP contribution in [0.3, 0.4) is 0 Å². The molecular weight excluding hydrogens is 536 g/mol. The molecule has 0 fully saturated rings. The average molecular weight is 577 g/mol. The zero-order valence-electron chi connectivity index (χ0n) is 23.2. The third-order valence-corrected chi connectivity index (χ3v) is 8.94. The van der Waals surface area contributed by atoms with Gasteiger partial charge >= 0.3 is 0 Å². The third kappa shape index (κ3) is 7.38. The van der Waals surface area contributed by atoms with Gasteiger partial charge in [0.1, 0.15) is 0 Å². The predicted molar refractivity (Wildman–Crippen MR) is 149 cm³/mol. The Morgan fingerprint density at radius 1 is 0.975 bits per heavy atom. The number of aromatic hydroxyl groups is 1. The summed E-state index contributed by atoms with van der Waals surface area (Å²) in [6, 6.07) is 8.34. The van der Waals surface area contributed by atoms with Crippen molar-refractivity contribution in [2.45, 2.75) is 75.8 Å². The van der Waals surface area contributed by atoms with Gasteiger partial charge in [0.05, 0.1) is 29.2 Å². The second-order valence-electron chi connectivity index (χ2n) is 10.8. The Kier molecular flexibility index (Phi) is 10.2. The molecule has 0 saturated carbocycles. The summed E-state index contributed by atoms with van der Waals surface area (Å²) in [6.45, 7) is 4.19. The summed E-state index contributed by atoms with van der Waals surface area (Å²) in [5, 5.41) is 24.7. The van der Waals surface area contributed by atoms with Gasteiger partial charge in [0.25, 0.3) is 5.91 Å². The number of sulfonamides is 1. The first-order valence-corrected chi connectivity index (χ1v) is 15.4. The van der Waals surface area contributed by atoms with Crippen molar-refractivity contribution in [3.63, 3.8) is 0 Å². The van der Waals surface area contributed by atoms with Crippen LogP contribution in [0.2, 0.25) is 0 Å². The van der Waals surface area contributed by atoms with Crippen molar-refractivity contribution < 1.29 is 37.6 Å². The highest BCUT2D eigenvalue weighted by atomic mass is 32.2. The van der Waals surface area contributed by atoms with E-state index in [1.807, 2.05) is 13.8 Å². The number of phenolic OH excluding ortho intramolecular Hbond substituents is 1. The van der Waals surface area contributed by atoms with Gasteiger partial charge < -0.3 is 29.7 Å². The molecule has 2 atom stereocenters. The molecule has 2 aromatic carbocycles. The van der Waals surface area contributed by atoms with E-state index >= 15 is 0 Å². The molecule has 0 saturated heterocycles. The summed E-state index contributed by atoms with van der Waals surface area (Å²) in [6.07, 6.45) is 4.84. The molecule has 0 aromatic heterocycles. The van der Waals surface area contributed by atoms with Gasteiger partial charge in [-0.25, -0.2) is 8.42 Å². The number of aliphatic hydroxyl groups is 1. The lowest BCUT2D eigenvalue weighted by molar-refractivity contribution is 0.0750. The van der Waals surface area contributed by atoms with Crippen LogP contribution in [-0.2, 0) is 10.0 Å². The molecule has 0 unspecified atom stereocenters. The van der Waals surface area contributed by atoms with E-state index in [1.165, 1.54) is 22.5 Å². The van der Waals surface area contributed by atoms with Gasteiger partial charge in [-0.1, -0.05) is 52.0 Å². The van der Waals surface area contributed by atoms with Crippen LogP contribution >= 0.6 is 0 Å². The minimum atomic E-state index is -4.00. The highest BCUT2D eigenvalue weighted by Crippen LogP contribution is 2.35. The summed E-state index contributed by atoms with van der Waals surface area (Å²) in [7, 11) is -4.00. The zero-order valence-corrected chi connectivity index (χ0v) is 24.0. The number of hydrogen-bond acceptors (Lipinski definition) is 8. The summed E-state index contributed by atoms with van der Waals surface area (Å²) < 4.78 is 45.2. The van der Waals surface area contributed by atoms with E-state index < -0.39 is 28.1 Å². The van der Waals surface area contributed by atoms with Crippen LogP contribution in [0.15, 0.2) is 41.3 Å². The van der Waals surface area contributed by atoms with Gasteiger partial charge in [-0.15, -0.1) is 0 Å². The number of fused-ring (bicyclic) bond motifs is 2. The van der Waals surface area contributed by atoms with Gasteiger partial charge in [0.2, 0.25) is 16.8 Å². The van der Waals surface area contributed by atoms with E-state index in [-0.39, 0.29) is 47.8 Å². The number of nitrogens with one attached hydrogen (secondary N) is 1. The van der Waals surface area contributed by atoms with Gasteiger partial charge in [-0.05, 0) is 43.0 Å². The summed E-state index contributed by atoms with van der Waals surface area (Å²) in [4.78, 5) is 13.4. The second-order valence-corrected chi connectivity index (χ2v) is 12.7. The van der Waals surface area contributed by atoms with E-state index in [9.17, 15) is 23.4 Å². The van der Waals surface area contributed by atoms with Crippen molar-refractivity contribution in [3.8, 4) is 23.0 Å². The Morgan fingerprint density at radius 3 is 2.48 bits per heavy atom. The number of amides is 1. The Balaban J connectivity index is 1.58. The molecule has 2 aliphatic heterocycles. The minimum absolute atomic E-state index is 0.0124. The SMILES string of the molecule is CC(C)CN(C[C@@H](O)[C@@H]1CCCCCCCCOc2c(O)cccc2C(=O)N1)S(=O)(=O)c1ccc2c(c1)OCO2. The lowest BCUT2D eigenvalue weighted by Gasteiger charge is -2.31. The fourth-order valence-corrected chi connectivity index (χ4v) is 6.65. The first-order chi connectivity index (χ1) is 19.2. The van der Waals surface area contributed by atoms with Crippen molar-refractivity contribution in [1.82, 2.24) is 9.62 Å². The number of rotatable bonds is 7. The lowest BCUT2D eigenvalue weighted by Crippen LogP contribution is -2.50. The monoisotopic (exact) mass is 576 g/mol. The quantitative estimate of drug-likeness (QED) is 0.450. The largest absolute Gasteiger partial charge is 0.504 e. The van der Waals surface area contributed by atoms with Crippen molar-refractivity contribution in [3.05, 3.63) is 42.0 Å². The fourth-order valence-electron chi connectivity index (χ4n) is 5.01. The molecule has 4 rings (SSSR count). The van der Waals surface area contributed by atoms with Crippen molar-refractivity contribution >= 4 is 15.9 Å². The molecule has 2 heterocycles. The topological polar surface area (TPSA) is 135 Å². The maximum absolute atomic E-state index is 13.7. The molecule has 0 spiro atoms. The Labute approximate surface area is 236 Å². The van der Waals surface area contributed by atoms with E-state index in [4.69, 9.17) is 14.2 Å². The number of aliphatic hydroxyl groups excluding tert-OH is 1. The second kappa shape index (κ2) is 13.6. The highest BCUT2D eigenvalue weighted by molar-refractivity contribution is 7.89. The molecule has 0 bridgehead atoms. The molecule has 220 valence electrons. The smallest absolute Gasteiger partial charge is 0.255 e. The van der Waals surface area contributed by atoms with Crippen LogP contribution in [0.1, 0.15) is 69.2 Å². The Morgan fingerprint density at radius 2 is 1.70 bits per heavy atom. The number of hydrogen-bond donors (Lipinski definition) is 3. The summed E-state index contributed by atoms with van der Waals surface area (Å²) in [5.41, 5.74) is 0.168. The third-order valence-electron chi connectivity index (χ3n) is 7.12. The standard InChI is InChI=1S/C29H40N2O8S/c1-20(2)17-31(40(35,36)21-13-14-26-27(16-21)39-19-38-26)18-25(33)23-11-7-5-3-4-6-8-15-37-28-22(29(34)30-23)10-9-12-24(28)32/h9-10,12-14,16,20,23,25,32-33H,3-8,11,15,17-19H2,1-2H3,(H,30,34)/t23-,25+/m0/s1. The summed E-state index contributed by atoms with van der Waals surface area (Å²) >= 11 is 0. The minimum Gasteiger partial charge on any atom is -0.504 e. The Bertz CT molecular complexity index is 1270. The van der Waals surface area contributed by atoms with E-state index in [2.05, 4.69) is 5.32 Å². The lowest BCUT2D eigenvalue weighted by atomic mass is 10.0. The van der Waals surface area contributed by atoms with Gasteiger partial charge in [0.15, 0.2) is 23.0 Å². The van der Waals surface area contributed by atoms with Crippen LogP contribution in [0.5, 0.6) is 23.0 Å². The number of para-hydroxylation sites is 1. The zero-order chi connectivity index (χ0) is 28.7. The number of nitrogens with zero attached hydrogens (tertiary/aromatic N) is 1. The molecule has 0 radical (unpaired) electrons. The number of carbonyl (C=O) groups excluding carboxylic acids is 1. The molecular formula is C29H40N2O8S. The van der Waals surface area contributed by atoms with E-state index in [0.717, 1.165) is 38.5 Å². The fraction of sp³-hybridized carbons (Fsp3) is 0.552. The number of phenols is 1. The normalized spacial score (nSPS) is 19.4. The van der Waals surface area contributed by atoms with Crippen molar-refractivity contribution in [2.24, 2.45) is 5.92 Å². The first kappa shape index (κ1) is 30.0. The van der Waals surface area contributed by atoms with Gasteiger partial charge in [0, 0.05) is 19.2 Å². The Hall–Kier alpha value is -3.02. The number of benzene rings is 2. The van der Waals surface area contributed by atoms with Crippen LogP contribution < -0.4 is 19.5 Å². The van der Waals surface area contributed by atoms with Crippen LogP contribution in [0, 0.1) is 5.92 Å². The molecule has 2 aromatic rings. The predicted octanol–water partition coefficient (Wildman–Crippen LogP) is 4.05. The van der Waals surface area contributed by atoms with Crippen molar-refractivity contribution in [1.29, 1.82) is 0 Å². The molecule has 2 aliphatic rings. The molecule has 10 nitrogen and oxygen atoms in total. The van der Waals surface area contributed by atoms with Crippen LogP contribution in [0.25, 0.3) is 0 Å². The van der Waals surface area contributed by atoms with E-state index in [1.54, 1.807) is 18.2 Å². The number of carbonyl (C=O) groups is 1. The summed E-state index contributed by atoms with van der Waals surface area (Å²) in [5.74, 6) is 0.301. The van der Waals surface area contributed by atoms with E-state index in [0.29, 0.717) is 24.5 Å². The maximum atomic E-state index is 13.7. The molecule has 40 heavy (non-hydrogen) atoms. The molecule has 1 amide bonds. The molecule has 3 N–H and O–H groups in total. The molecule has 0 aliphatic carbocycles. The number of ether oxygens (including phenoxy) is 3. The van der Waals surface area contributed by atoms with Crippen LogP contribution in [0.4, 0.5) is 0 Å². The maximum Gasteiger partial charge on any atom is 0.255 e. The average Bonchev–Trinajstić information content (AvgIpc) is 3.39. The van der Waals surface area contributed by atoms with Crippen molar-refractivity contribution in [2.75, 3.05) is 26.5 Å². The van der Waals surface area contributed by atoms with Gasteiger partial charge in [-0.2, -0.15) is 4.31 Å². The first-order valence-electron chi connectivity index (χ1n) is 14.0. The van der Waals surface area contributed by atoms with Gasteiger partial charge in [-0.3, -0.25) is 4.79 Å². The van der Waals surface area contributed by atoms with Crippen LogP contribution in [-0.4, -0.2) is 67.5 Å². The highest BCUT2D eigenvalue weighted by Gasteiger charge is 2.32. The molecule has 11 heteroatoms.